The minimum absolute atomic E-state index is 0.0807. The highest BCUT2D eigenvalue weighted by Gasteiger charge is 2.12. The van der Waals surface area contributed by atoms with Gasteiger partial charge in [0, 0.05) is 13.1 Å². The van der Waals surface area contributed by atoms with Crippen LogP contribution in [0.15, 0.2) is 29.2 Å². The highest BCUT2D eigenvalue weighted by molar-refractivity contribution is 7.89. The van der Waals surface area contributed by atoms with E-state index < -0.39 is 15.8 Å². The summed E-state index contributed by atoms with van der Waals surface area (Å²) >= 11 is 0. The molecule has 1 aromatic carbocycles. The first kappa shape index (κ1) is 18.0. The van der Waals surface area contributed by atoms with Crippen molar-refractivity contribution in [2.45, 2.75) is 30.6 Å². The van der Waals surface area contributed by atoms with E-state index >= 15 is 0 Å². The molecule has 1 rings (SSSR count). The smallest absolute Gasteiger partial charge is 0.240 e. The van der Waals surface area contributed by atoms with Crippen molar-refractivity contribution in [3.63, 3.8) is 0 Å². The van der Waals surface area contributed by atoms with E-state index in [2.05, 4.69) is 10.0 Å². The number of halogens is 1. The SMILES string of the molecule is O=S(=O)(NCCCCCCNCCO)c1ccc(F)cc1. The molecule has 0 atom stereocenters. The first-order valence-corrected chi connectivity index (χ1v) is 8.61. The molecule has 5 nitrogen and oxygen atoms in total. The van der Waals surface area contributed by atoms with Gasteiger partial charge in [0.2, 0.25) is 10.0 Å². The van der Waals surface area contributed by atoms with Crippen molar-refractivity contribution in [1.29, 1.82) is 0 Å². The molecule has 0 aliphatic heterocycles. The van der Waals surface area contributed by atoms with E-state index in [9.17, 15) is 12.8 Å². The van der Waals surface area contributed by atoms with Gasteiger partial charge >= 0.3 is 0 Å². The molecule has 7 heteroatoms. The summed E-state index contributed by atoms with van der Waals surface area (Å²) in [6.07, 6.45) is 3.72. The maximum Gasteiger partial charge on any atom is 0.240 e. The quantitative estimate of drug-likeness (QED) is 0.537. The summed E-state index contributed by atoms with van der Waals surface area (Å²) in [7, 11) is -3.54. The molecule has 3 N–H and O–H groups in total. The third-order valence-electron chi connectivity index (χ3n) is 2.98. The number of rotatable bonds is 11. The zero-order chi connectivity index (χ0) is 15.6. The molecule has 0 spiro atoms. The summed E-state index contributed by atoms with van der Waals surface area (Å²) in [5.41, 5.74) is 0. The van der Waals surface area contributed by atoms with Crippen LogP contribution in [0.1, 0.15) is 25.7 Å². The van der Waals surface area contributed by atoms with Gasteiger partial charge in [0.05, 0.1) is 11.5 Å². The number of nitrogens with one attached hydrogen (secondary N) is 2. The third-order valence-corrected chi connectivity index (χ3v) is 4.46. The summed E-state index contributed by atoms with van der Waals surface area (Å²) in [6.45, 7) is 1.99. The maximum absolute atomic E-state index is 12.7. The second kappa shape index (κ2) is 9.83. The van der Waals surface area contributed by atoms with Crippen LogP contribution < -0.4 is 10.0 Å². The van der Waals surface area contributed by atoms with Gasteiger partial charge in [-0.3, -0.25) is 0 Å². The van der Waals surface area contributed by atoms with Gasteiger partial charge in [0.15, 0.2) is 0 Å². The lowest BCUT2D eigenvalue weighted by Crippen LogP contribution is -2.24. The molecule has 0 aliphatic rings. The summed E-state index contributed by atoms with van der Waals surface area (Å²) in [5, 5.41) is 11.7. The Morgan fingerprint density at radius 1 is 0.952 bits per heavy atom. The van der Waals surface area contributed by atoms with Crippen LogP contribution in [0.2, 0.25) is 0 Å². The van der Waals surface area contributed by atoms with E-state index in [0.29, 0.717) is 13.1 Å². The van der Waals surface area contributed by atoms with E-state index in [-0.39, 0.29) is 11.5 Å². The minimum atomic E-state index is -3.54. The number of unbranched alkanes of at least 4 members (excludes halogenated alkanes) is 3. The third kappa shape index (κ3) is 7.52. The fourth-order valence-corrected chi connectivity index (χ4v) is 2.91. The summed E-state index contributed by atoms with van der Waals surface area (Å²) in [4.78, 5) is 0.0807. The zero-order valence-corrected chi connectivity index (χ0v) is 12.8. The average molecular weight is 318 g/mol. The molecule has 0 heterocycles. The number of benzene rings is 1. The Labute approximate surface area is 125 Å². The van der Waals surface area contributed by atoms with Crippen LogP contribution >= 0.6 is 0 Å². The molecule has 21 heavy (non-hydrogen) atoms. The van der Waals surface area contributed by atoms with Gasteiger partial charge in [0.25, 0.3) is 0 Å². The Hall–Kier alpha value is -1.02. The molecular formula is C14H23FN2O3S. The summed E-state index contributed by atoms with van der Waals surface area (Å²) < 4.78 is 39.0. The van der Waals surface area contributed by atoms with Crippen LogP contribution in [0, 0.1) is 5.82 Å². The lowest BCUT2D eigenvalue weighted by molar-refractivity contribution is 0.292. The van der Waals surface area contributed by atoms with Crippen LogP contribution in [0.4, 0.5) is 4.39 Å². The van der Waals surface area contributed by atoms with Crippen molar-refractivity contribution in [2.24, 2.45) is 0 Å². The Morgan fingerprint density at radius 3 is 2.19 bits per heavy atom. The minimum Gasteiger partial charge on any atom is -0.395 e. The van der Waals surface area contributed by atoms with Crippen LogP contribution in [0.25, 0.3) is 0 Å². The standard InChI is InChI=1S/C14H23FN2O3S/c15-13-5-7-14(8-6-13)21(19,20)17-10-4-2-1-3-9-16-11-12-18/h5-8,16-18H,1-4,9-12H2. The number of aliphatic hydroxyl groups excluding tert-OH is 1. The van der Waals surface area contributed by atoms with E-state index in [1.807, 2.05) is 0 Å². The van der Waals surface area contributed by atoms with Crippen LogP contribution in [0.5, 0.6) is 0 Å². The van der Waals surface area contributed by atoms with Gasteiger partial charge in [-0.25, -0.2) is 17.5 Å². The lowest BCUT2D eigenvalue weighted by atomic mass is 10.2. The van der Waals surface area contributed by atoms with Gasteiger partial charge in [-0.2, -0.15) is 0 Å². The zero-order valence-electron chi connectivity index (χ0n) is 12.0. The van der Waals surface area contributed by atoms with Crippen molar-refractivity contribution < 1.29 is 17.9 Å². The van der Waals surface area contributed by atoms with Gasteiger partial charge < -0.3 is 10.4 Å². The van der Waals surface area contributed by atoms with E-state index in [0.717, 1.165) is 44.4 Å². The molecule has 0 bridgehead atoms. The highest BCUT2D eigenvalue weighted by Crippen LogP contribution is 2.09. The monoisotopic (exact) mass is 318 g/mol. The van der Waals surface area contributed by atoms with Crippen molar-refractivity contribution >= 4 is 10.0 Å². The predicted molar refractivity (Wildman–Crippen MR) is 80.0 cm³/mol. The predicted octanol–water partition coefficient (Wildman–Crippen LogP) is 1.25. The molecule has 0 aromatic heterocycles. The van der Waals surface area contributed by atoms with Crippen LogP contribution in [-0.4, -0.2) is 39.8 Å². The Morgan fingerprint density at radius 2 is 1.57 bits per heavy atom. The lowest BCUT2D eigenvalue weighted by Gasteiger charge is -2.07. The van der Waals surface area contributed by atoms with Gasteiger partial charge in [0.1, 0.15) is 5.82 Å². The molecule has 1 aromatic rings. The van der Waals surface area contributed by atoms with Gasteiger partial charge in [-0.15, -0.1) is 0 Å². The second-order valence-electron chi connectivity index (χ2n) is 4.74. The fraction of sp³-hybridized carbons (Fsp3) is 0.571. The molecule has 0 amide bonds. The van der Waals surface area contributed by atoms with E-state index in [1.165, 1.54) is 12.1 Å². The summed E-state index contributed by atoms with van der Waals surface area (Å²) in [5.74, 6) is -0.455. The Balaban J connectivity index is 2.15. The highest BCUT2D eigenvalue weighted by atomic mass is 32.2. The summed E-state index contributed by atoms with van der Waals surface area (Å²) in [6, 6.07) is 4.77. The molecule has 0 saturated heterocycles. The Kier molecular flexibility index (Phi) is 8.44. The number of hydrogen-bond donors (Lipinski definition) is 3. The average Bonchev–Trinajstić information content (AvgIpc) is 2.46. The van der Waals surface area contributed by atoms with Gasteiger partial charge in [-0.1, -0.05) is 12.8 Å². The molecule has 0 radical (unpaired) electrons. The molecule has 0 unspecified atom stereocenters. The number of hydrogen-bond acceptors (Lipinski definition) is 4. The Bertz CT molecular complexity index is 491. The molecular weight excluding hydrogens is 295 g/mol. The van der Waals surface area contributed by atoms with Crippen LogP contribution in [-0.2, 0) is 10.0 Å². The van der Waals surface area contributed by atoms with Crippen molar-refractivity contribution in [2.75, 3.05) is 26.2 Å². The normalized spacial score (nSPS) is 11.7. The molecule has 120 valence electrons. The van der Waals surface area contributed by atoms with E-state index in [1.54, 1.807) is 0 Å². The first-order chi connectivity index (χ1) is 10.1. The van der Waals surface area contributed by atoms with Crippen molar-refractivity contribution in [3.05, 3.63) is 30.1 Å². The maximum atomic E-state index is 12.7. The molecule has 0 saturated carbocycles. The van der Waals surface area contributed by atoms with Gasteiger partial charge in [-0.05, 0) is 43.7 Å². The number of sulfonamides is 1. The van der Waals surface area contributed by atoms with E-state index in [4.69, 9.17) is 5.11 Å². The number of aliphatic hydroxyl groups is 1. The topological polar surface area (TPSA) is 78.4 Å². The van der Waals surface area contributed by atoms with Crippen molar-refractivity contribution in [1.82, 2.24) is 10.0 Å². The first-order valence-electron chi connectivity index (χ1n) is 7.13. The molecule has 0 aliphatic carbocycles. The fourth-order valence-electron chi connectivity index (χ4n) is 1.84. The molecule has 0 fully saturated rings. The van der Waals surface area contributed by atoms with Crippen molar-refractivity contribution in [3.8, 4) is 0 Å². The second-order valence-corrected chi connectivity index (χ2v) is 6.51. The largest absolute Gasteiger partial charge is 0.395 e. The van der Waals surface area contributed by atoms with Crippen LogP contribution in [0.3, 0.4) is 0 Å².